The lowest BCUT2D eigenvalue weighted by molar-refractivity contribution is -0.140. The normalized spacial score (nSPS) is 10.3. The van der Waals surface area contributed by atoms with Gasteiger partial charge in [0, 0.05) is 18.2 Å². The number of hydrogen-bond acceptors (Lipinski definition) is 5. The van der Waals surface area contributed by atoms with Gasteiger partial charge < -0.3 is 20.5 Å². The van der Waals surface area contributed by atoms with Gasteiger partial charge in [0.1, 0.15) is 5.75 Å². The highest BCUT2D eigenvalue weighted by atomic mass is 16.5. The molecule has 25 heavy (non-hydrogen) atoms. The Hall–Kier alpha value is -2.69. The van der Waals surface area contributed by atoms with Crippen molar-refractivity contribution < 1.29 is 14.3 Å². The van der Waals surface area contributed by atoms with Crippen LogP contribution in [0.5, 0.6) is 5.75 Å². The maximum absolute atomic E-state index is 11.0. The SMILES string of the molecule is COC(=O)CCCCCOc1ccc(N)c(Nc2ccc(C)cc2)c1. The second-order valence-corrected chi connectivity index (χ2v) is 5.98. The van der Waals surface area contributed by atoms with Crippen LogP contribution in [0.25, 0.3) is 0 Å². The number of nitrogens with two attached hydrogens (primary N) is 1. The Kier molecular flexibility index (Phi) is 7.14. The summed E-state index contributed by atoms with van der Waals surface area (Å²) in [6.07, 6.45) is 3.10. The summed E-state index contributed by atoms with van der Waals surface area (Å²) < 4.78 is 10.4. The minimum absolute atomic E-state index is 0.161. The van der Waals surface area contributed by atoms with E-state index in [2.05, 4.69) is 17.0 Å². The average molecular weight is 342 g/mol. The molecule has 0 aliphatic carbocycles. The van der Waals surface area contributed by atoms with Crippen molar-refractivity contribution in [2.45, 2.75) is 32.6 Å². The van der Waals surface area contributed by atoms with Gasteiger partial charge in [0.2, 0.25) is 0 Å². The standard InChI is InChI=1S/C20H26N2O3/c1-15-7-9-16(10-8-15)22-19-14-17(11-12-18(19)21)25-13-5-3-4-6-20(23)24-2/h7-12,14,22H,3-6,13,21H2,1-2H3. The Morgan fingerprint density at radius 3 is 2.56 bits per heavy atom. The number of benzene rings is 2. The van der Waals surface area contributed by atoms with Crippen LogP contribution < -0.4 is 15.8 Å². The number of carbonyl (C=O) groups is 1. The Balaban J connectivity index is 1.82. The van der Waals surface area contributed by atoms with Gasteiger partial charge in [-0.25, -0.2) is 0 Å². The van der Waals surface area contributed by atoms with Crippen molar-refractivity contribution in [2.24, 2.45) is 0 Å². The molecule has 0 aliphatic heterocycles. The lowest BCUT2D eigenvalue weighted by Gasteiger charge is -2.12. The molecule has 0 spiro atoms. The summed E-state index contributed by atoms with van der Waals surface area (Å²) in [5, 5.41) is 3.31. The fourth-order valence-electron chi connectivity index (χ4n) is 2.37. The summed E-state index contributed by atoms with van der Waals surface area (Å²) in [6.45, 7) is 2.66. The van der Waals surface area contributed by atoms with Crippen LogP contribution in [0.2, 0.25) is 0 Å². The summed E-state index contributed by atoms with van der Waals surface area (Å²) in [5.74, 6) is 0.614. The first kappa shape index (κ1) is 18.6. The van der Waals surface area contributed by atoms with Crippen LogP contribution in [0.3, 0.4) is 0 Å². The van der Waals surface area contributed by atoms with Gasteiger partial charge in [0.05, 0.1) is 25.1 Å². The lowest BCUT2D eigenvalue weighted by atomic mass is 10.2. The van der Waals surface area contributed by atoms with Gasteiger partial charge in [-0.3, -0.25) is 4.79 Å². The first-order chi connectivity index (χ1) is 12.1. The van der Waals surface area contributed by atoms with E-state index >= 15 is 0 Å². The monoisotopic (exact) mass is 342 g/mol. The topological polar surface area (TPSA) is 73.6 Å². The molecule has 0 radical (unpaired) electrons. The van der Waals surface area contributed by atoms with E-state index in [0.717, 1.165) is 36.4 Å². The molecular weight excluding hydrogens is 316 g/mol. The van der Waals surface area contributed by atoms with E-state index in [1.165, 1.54) is 12.7 Å². The van der Waals surface area contributed by atoms with E-state index in [1.807, 2.05) is 42.5 Å². The molecule has 0 fully saturated rings. The fourth-order valence-corrected chi connectivity index (χ4v) is 2.37. The minimum atomic E-state index is -0.161. The third-order valence-corrected chi connectivity index (χ3v) is 3.88. The number of methoxy groups -OCH3 is 1. The molecule has 0 saturated carbocycles. The Bertz CT molecular complexity index is 684. The van der Waals surface area contributed by atoms with E-state index < -0.39 is 0 Å². The third-order valence-electron chi connectivity index (χ3n) is 3.88. The van der Waals surface area contributed by atoms with Gasteiger partial charge in [0.15, 0.2) is 0 Å². The highest BCUT2D eigenvalue weighted by Crippen LogP contribution is 2.28. The van der Waals surface area contributed by atoms with Gasteiger partial charge in [-0.15, -0.1) is 0 Å². The molecule has 2 aromatic rings. The van der Waals surface area contributed by atoms with Gasteiger partial charge in [0.25, 0.3) is 0 Å². The number of aryl methyl sites for hydroxylation is 1. The first-order valence-electron chi connectivity index (χ1n) is 8.51. The number of hydrogen-bond donors (Lipinski definition) is 2. The fraction of sp³-hybridized carbons (Fsp3) is 0.350. The van der Waals surface area contributed by atoms with E-state index in [9.17, 15) is 4.79 Å². The van der Waals surface area contributed by atoms with E-state index in [-0.39, 0.29) is 5.97 Å². The maximum Gasteiger partial charge on any atom is 0.305 e. The van der Waals surface area contributed by atoms with Crippen molar-refractivity contribution in [1.29, 1.82) is 0 Å². The Morgan fingerprint density at radius 1 is 1.08 bits per heavy atom. The van der Waals surface area contributed by atoms with Gasteiger partial charge >= 0.3 is 5.97 Å². The van der Waals surface area contributed by atoms with Crippen LogP contribution in [0, 0.1) is 6.92 Å². The first-order valence-corrected chi connectivity index (χ1v) is 8.51. The Labute approximate surface area is 149 Å². The predicted molar refractivity (Wildman–Crippen MR) is 101 cm³/mol. The number of rotatable bonds is 9. The zero-order chi connectivity index (χ0) is 18.1. The molecule has 0 saturated heterocycles. The summed E-state index contributed by atoms with van der Waals surface area (Å²) in [5.41, 5.74) is 9.73. The average Bonchev–Trinajstić information content (AvgIpc) is 2.62. The number of nitrogens with one attached hydrogen (secondary N) is 1. The largest absolute Gasteiger partial charge is 0.494 e. The van der Waals surface area contributed by atoms with Crippen molar-refractivity contribution in [1.82, 2.24) is 0 Å². The maximum atomic E-state index is 11.0. The van der Waals surface area contributed by atoms with Crippen LogP contribution in [0.1, 0.15) is 31.2 Å². The number of unbranched alkanes of at least 4 members (excludes halogenated alkanes) is 2. The van der Waals surface area contributed by atoms with Crippen LogP contribution in [-0.4, -0.2) is 19.7 Å². The molecule has 0 amide bonds. The van der Waals surface area contributed by atoms with E-state index in [1.54, 1.807) is 0 Å². The van der Waals surface area contributed by atoms with Crippen LogP contribution in [0.4, 0.5) is 17.1 Å². The molecule has 0 aromatic heterocycles. The molecule has 0 heterocycles. The molecule has 3 N–H and O–H groups in total. The molecule has 5 nitrogen and oxygen atoms in total. The molecular formula is C20H26N2O3. The molecule has 5 heteroatoms. The molecule has 134 valence electrons. The highest BCUT2D eigenvalue weighted by molar-refractivity contribution is 5.74. The van der Waals surface area contributed by atoms with Crippen molar-refractivity contribution >= 4 is 23.0 Å². The van der Waals surface area contributed by atoms with Crippen molar-refractivity contribution in [3.8, 4) is 5.75 Å². The second kappa shape index (κ2) is 9.57. The van der Waals surface area contributed by atoms with Crippen molar-refractivity contribution in [3.63, 3.8) is 0 Å². The summed E-state index contributed by atoms with van der Waals surface area (Å²) in [6, 6.07) is 13.7. The number of ether oxygens (including phenoxy) is 2. The number of anilines is 3. The zero-order valence-electron chi connectivity index (χ0n) is 14.9. The van der Waals surface area contributed by atoms with Crippen molar-refractivity contribution in [2.75, 3.05) is 24.8 Å². The number of carbonyl (C=O) groups excluding carboxylic acids is 1. The summed E-state index contributed by atoms with van der Waals surface area (Å²) in [7, 11) is 1.41. The highest BCUT2D eigenvalue weighted by Gasteiger charge is 2.04. The Morgan fingerprint density at radius 2 is 1.84 bits per heavy atom. The summed E-state index contributed by atoms with van der Waals surface area (Å²) in [4.78, 5) is 11.0. The number of esters is 1. The minimum Gasteiger partial charge on any atom is -0.494 e. The smallest absolute Gasteiger partial charge is 0.305 e. The molecule has 0 atom stereocenters. The van der Waals surface area contributed by atoms with Crippen LogP contribution in [-0.2, 0) is 9.53 Å². The third kappa shape index (κ3) is 6.37. The molecule has 0 unspecified atom stereocenters. The summed E-state index contributed by atoms with van der Waals surface area (Å²) >= 11 is 0. The molecule has 0 aliphatic rings. The van der Waals surface area contributed by atoms with Crippen molar-refractivity contribution in [3.05, 3.63) is 48.0 Å². The second-order valence-electron chi connectivity index (χ2n) is 5.98. The quantitative estimate of drug-likeness (QED) is 0.400. The van der Waals surface area contributed by atoms with Gasteiger partial charge in [-0.05, 0) is 50.5 Å². The zero-order valence-corrected chi connectivity index (χ0v) is 14.9. The molecule has 0 bridgehead atoms. The molecule has 2 aromatic carbocycles. The number of nitrogen functional groups attached to an aromatic ring is 1. The van der Waals surface area contributed by atoms with Crippen LogP contribution in [0.15, 0.2) is 42.5 Å². The molecule has 2 rings (SSSR count). The predicted octanol–water partition coefficient (Wildman–Crippen LogP) is 4.43. The van der Waals surface area contributed by atoms with Gasteiger partial charge in [-0.2, -0.15) is 0 Å². The lowest BCUT2D eigenvalue weighted by Crippen LogP contribution is -2.02. The van der Waals surface area contributed by atoms with Gasteiger partial charge in [-0.1, -0.05) is 17.7 Å². The van der Waals surface area contributed by atoms with E-state index in [4.69, 9.17) is 10.5 Å². The van der Waals surface area contributed by atoms with E-state index in [0.29, 0.717) is 18.7 Å². The van der Waals surface area contributed by atoms with Crippen LogP contribution >= 0.6 is 0 Å².